The van der Waals surface area contributed by atoms with Gasteiger partial charge in [-0.05, 0) is 30.2 Å². The summed E-state index contributed by atoms with van der Waals surface area (Å²) in [6, 6.07) is 16.4. The van der Waals surface area contributed by atoms with E-state index in [1.165, 1.54) is 15.8 Å². The number of rotatable bonds is 4. The maximum atomic E-state index is 9.72. The Bertz CT molecular complexity index is 687. The van der Waals surface area contributed by atoms with Gasteiger partial charge in [0.05, 0.1) is 21.8 Å². The van der Waals surface area contributed by atoms with Crippen molar-refractivity contribution in [3.8, 4) is 0 Å². The Morgan fingerprint density at radius 3 is 2.60 bits per heavy atom. The predicted octanol–water partition coefficient (Wildman–Crippen LogP) is 3.92. The number of aryl methyl sites for hydroxylation is 1. The smallest absolute Gasteiger partial charge is 0.0945 e. The molecule has 1 heterocycles. The second-order valence-corrected chi connectivity index (χ2v) is 6.13. The summed E-state index contributed by atoms with van der Waals surface area (Å²) < 4.78 is 1.21. The number of aliphatic hydroxyl groups is 1. The van der Waals surface area contributed by atoms with Gasteiger partial charge in [0.2, 0.25) is 0 Å². The highest BCUT2D eigenvalue weighted by Crippen LogP contribution is 2.28. The first-order valence-electron chi connectivity index (χ1n) is 6.79. The summed E-state index contributed by atoms with van der Waals surface area (Å²) in [6.07, 6.45) is 0.792. The molecule has 0 spiro atoms. The van der Waals surface area contributed by atoms with Gasteiger partial charge in [-0.15, -0.1) is 11.3 Å². The molecule has 0 aliphatic carbocycles. The highest BCUT2D eigenvalue weighted by atomic mass is 32.1. The molecule has 3 rings (SSSR count). The fourth-order valence-corrected chi connectivity index (χ4v) is 3.58. The molecule has 0 bridgehead atoms. The largest absolute Gasteiger partial charge is 0.396 e. The first-order valence-corrected chi connectivity index (χ1v) is 7.60. The summed E-state index contributed by atoms with van der Waals surface area (Å²) in [5.41, 5.74) is 3.50. The van der Waals surface area contributed by atoms with E-state index in [2.05, 4.69) is 30.1 Å². The van der Waals surface area contributed by atoms with Crippen molar-refractivity contribution in [2.45, 2.75) is 19.3 Å². The van der Waals surface area contributed by atoms with Crippen LogP contribution in [0.25, 0.3) is 10.2 Å². The Morgan fingerprint density at radius 2 is 1.85 bits per heavy atom. The van der Waals surface area contributed by atoms with E-state index in [9.17, 15) is 5.11 Å². The lowest BCUT2D eigenvalue weighted by molar-refractivity contribution is 0.264. The van der Waals surface area contributed by atoms with E-state index in [0.29, 0.717) is 0 Å². The molecule has 20 heavy (non-hydrogen) atoms. The molecule has 1 unspecified atom stereocenters. The molecule has 0 aliphatic rings. The Labute approximate surface area is 122 Å². The second-order valence-electron chi connectivity index (χ2n) is 5.02. The van der Waals surface area contributed by atoms with E-state index in [0.717, 1.165) is 16.9 Å². The van der Waals surface area contributed by atoms with Gasteiger partial charge in [0.25, 0.3) is 0 Å². The van der Waals surface area contributed by atoms with Gasteiger partial charge in [0.15, 0.2) is 0 Å². The maximum absolute atomic E-state index is 9.72. The van der Waals surface area contributed by atoms with E-state index in [1.54, 1.807) is 11.3 Å². The van der Waals surface area contributed by atoms with Crippen molar-refractivity contribution in [2.75, 3.05) is 6.61 Å². The molecule has 2 nitrogen and oxygen atoms in total. The summed E-state index contributed by atoms with van der Waals surface area (Å²) in [5, 5.41) is 10.8. The van der Waals surface area contributed by atoms with Crippen LogP contribution in [0.5, 0.6) is 0 Å². The van der Waals surface area contributed by atoms with Gasteiger partial charge in [-0.3, -0.25) is 0 Å². The first kappa shape index (κ1) is 13.3. The Hall–Kier alpha value is -1.71. The van der Waals surface area contributed by atoms with E-state index < -0.39 is 0 Å². The fourth-order valence-electron chi connectivity index (χ4n) is 2.54. The molecule has 0 radical (unpaired) electrons. The number of nitrogens with zero attached hydrogens (tertiary/aromatic N) is 1. The Morgan fingerprint density at radius 1 is 1.10 bits per heavy atom. The van der Waals surface area contributed by atoms with Crippen molar-refractivity contribution in [3.05, 3.63) is 64.7 Å². The lowest BCUT2D eigenvalue weighted by Crippen LogP contribution is -2.09. The summed E-state index contributed by atoms with van der Waals surface area (Å²) in [4.78, 5) is 4.66. The standard InChI is InChI=1S/C17H17NOS/c1-12-6-2-3-7-14(12)13(11-19)10-17-18-15-8-4-5-9-16(15)20-17/h2-9,13,19H,10-11H2,1H3. The SMILES string of the molecule is Cc1ccccc1C(CO)Cc1nc2ccccc2s1. The topological polar surface area (TPSA) is 33.1 Å². The van der Waals surface area contributed by atoms with Crippen LogP contribution in [0.3, 0.4) is 0 Å². The highest BCUT2D eigenvalue weighted by Gasteiger charge is 2.15. The molecule has 102 valence electrons. The van der Waals surface area contributed by atoms with Crippen LogP contribution in [0.2, 0.25) is 0 Å². The van der Waals surface area contributed by atoms with E-state index in [4.69, 9.17) is 0 Å². The van der Waals surface area contributed by atoms with E-state index in [-0.39, 0.29) is 12.5 Å². The molecule has 2 aromatic carbocycles. The normalized spacial score (nSPS) is 12.7. The van der Waals surface area contributed by atoms with Crippen LogP contribution in [0.15, 0.2) is 48.5 Å². The quantitative estimate of drug-likeness (QED) is 0.787. The minimum absolute atomic E-state index is 0.122. The minimum Gasteiger partial charge on any atom is -0.396 e. The Balaban J connectivity index is 1.90. The molecule has 1 atom stereocenters. The van der Waals surface area contributed by atoms with Crippen LogP contribution in [-0.4, -0.2) is 16.7 Å². The first-order chi connectivity index (χ1) is 9.78. The van der Waals surface area contributed by atoms with Crippen LogP contribution in [0.4, 0.5) is 0 Å². The number of para-hydroxylation sites is 1. The number of aliphatic hydroxyl groups excluding tert-OH is 1. The molecule has 0 saturated heterocycles. The van der Waals surface area contributed by atoms with Gasteiger partial charge in [-0.1, -0.05) is 36.4 Å². The van der Waals surface area contributed by atoms with E-state index in [1.807, 2.05) is 30.3 Å². The third-order valence-electron chi connectivity index (χ3n) is 3.61. The van der Waals surface area contributed by atoms with Crippen molar-refractivity contribution in [1.29, 1.82) is 0 Å². The van der Waals surface area contributed by atoms with Crippen LogP contribution < -0.4 is 0 Å². The molecular formula is C17H17NOS. The van der Waals surface area contributed by atoms with Crippen molar-refractivity contribution in [1.82, 2.24) is 4.98 Å². The van der Waals surface area contributed by atoms with Gasteiger partial charge < -0.3 is 5.11 Å². The highest BCUT2D eigenvalue weighted by molar-refractivity contribution is 7.18. The van der Waals surface area contributed by atoms with Crippen molar-refractivity contribution in [3.63, 3.8) is 0 Å². The summed E-state index contributed by atoms with van der Waals surface area (Å²) in [7, 11) is 0. The molecule has 0 saturated carbocycles. The third kappa shape index (κ3) is 2.60. The van der Waals surface area contributed by atoms with Crippen LogP contribution in [-0.2, 0) is 6.42 Å². The number of benzene rings is 2. The van der Waals surface area contributed by atoms with E-state index >= 15 is 0 Å². The van der Waals surface area contributed by atoms with Crippen LogP contribution in [0.1, 0.15) is 22.1 Å². The summed E-state index contributed by atoms with van der Waals surface area (Å²) in [6.45, 7) is 2.25. The summed E-state index contributed by atoms with van der Waals surface area (Å²) in [5.74, 6) is 0.122. The molecular weight excluding hydrogens is 266 g/mol. The minimum atomic E-state index is 0.122. The van der Waals surface area contributed by atoms with Gasteiger partial charge in [0, 0.05) is 12.3 Å². The number of thiazole rings is 1. The number of aromatic nitrogens is 1. The maximum Gasteiger partial charge on any atom is 0.0945 e. The average molecular weight is 283 g/mol. The molecule has 0 amide bonds. The number of fused-ring (bicyclic) bond motifs is 1. The van der Waals surface area contributed by atoms with Gasteiger partial charge in [-0.2, -0.15) is 0 Å². The molecule has 0 aliphatic heterocycles. The monoisotopic (exact) mass is 283 g/mol. The zero-order valence-electron chi connectivity index (χ0n) is 11.4. The van der Waals surface area contributed by atoms with Crippen LogP contribution >= 0.6 is 11.3 Å². The molecule has 3 heteroatoms. The predicted molar refractivity (Wildman–Crippen MR) is 84.3 cm³/mol. The van der Waals surface area contributed by atoms with Crippen LogP contribution in [0, 0.1) is 6.92 Å². The molecule has 0 fully saturated rings. The van der Waals surface area contributed by atoms with Gasteiger partial charge >= 0.3 is 0 Å². The fraction of sp³-hybridized carbons (Fsp3) is 0.235. The van der Waals surface area contributed by atoms with Gasteiger partial charge in [-0.25, -0.2) is 4.98 Å². The van der Waals surface area contributed by atoms with Crippen molar-refractivity contribution >= 4 is 21.6 Å². The third-order valence-corrected chi connectivity index (χ3v) is 4.67. The molecule has 1 N–H and O–H groups in total. The lowest BCUT2D eigenvalue weighted by atomic mass is 9.93. The van der Waals surface area contributed by atoms with Gasteiger partial charge in [0.1, 0.15) is 0 Å². The zero-order valence-corrected chi connectivity index (χ0v) is 12.2. The molecule has 3 aromatic rings. The lowest BCUT2D eigenvalue weighted by Gasteiger charge is -2.15. The summed E-state index contributed by atoms with van der Waals surface area (Å²) >= 11 is 1.72. The average Bonchev–Trinajstić information content (AvgIpc) is 2.88. The number of hydrogen-bond acceptors (Lipinski definition) is 3. The Kier molecular flexibility index (Phi) is 3.81. The number of hydrogen-bond donors (Lipinski definition) is 1. The zero-order chi connectivity index (χ0) is 13.9. The van der Waals surface area contributed by atoms with Crippen molar-refractivity contribution < 1.29 is 5.11 Å². The molecule has 1 aromatic heterocycles. The second kappa shape index (κ2) is 5.73. The van der Waals surface area contributed by atoms with Crippen molar-refractivity contribution in [2.24, 2.45) is 0 Å².